The average molecular weight is 515 g/mol. The van der Waals surface area contributed by atoms with Gasteiger partial charge in [0.25, 0.3) is 17.0 Å². The molecule has 0 fully saturated rings. The molecule has 5 aromatic rings. The van der Waals surface area contributed by atoms with E-state index in [1.807, 2.05) is 52.8 Å². The molecule has 9 heteroatoms. The van der Waals surface area contributed by atoms with E-state index in [1.165, 1.54) is 18.2 Å². The number of amides is 1. The molecule has 9 nitrogen and oxygen atoms in total. The summed E-state index contributed by atoms with van der Waals surface area (Å²) in [4.78, 5) is 59.0. The SMILES string of the molecule is CCc1cccc(C)c1NC(=O)c1cc(C(=O)O)c(C(N)=NC(C)C(C)C)c2c3ccc(c(=O)[nH]c3=O)c12. The van der Waals surface area contributed by atoms with Crippen molar-refractivity contribution in [1.82, 2.24) is 4.98 Å². The molecular formula is C29H30N4O5. The van der Waals surface area contributed by atoms with Crippen LogP contribution in [0.5, 0.6) is 0 Å². The molecule has 1 unspecified atom stereocenters. The lowest BCUT2D eigenvalue weighted by Crippen LogP contribution is -2.24. The number of H-pyrrole nitrogens is 1. The zero-order valence-corrected chi connectivity index (χ0v) is 21.9. The number of nitrogens with two attached hydrogens (primary N) is 1. The number of fused-ring (bicyclic) bond motifs is 3. The Morgan fingerprint density at radius 1 is 1.03 bits per heavy atom. The maximum Gasteiger partial charge on any atom is 0.336 e. The highest BCUT2D eigenvalue weighted by Crippen LogP contribution is 2.33. The fourth-order valence-corrected chi connectivity index (χ4v) is 4.61. The van der Waals surface area contributed by atoms with Gasteiger partial charge >= 0.3 is 5.97 Å². The van der Waals surface area contributed by atoms with E-state index in [-0.39, 0.29) is 56.0 Å². The Morgan fingerprint density at radius 3 is 2.24 bits per heavy atom. The number of aromatic amines is 1. The lowest BCUT2D eigenvalue weighted by atomic mass is 9.90. The number of hydrogen-bond donors (Lipinski definition) is 4. The summed E-state index contributed by atoms with van der Waals surface area (Å²) in [6.45, 7) is 9.56. The van der Waals surface area contributed by atoms with Gasteiger partial charge in [0.15, 0.2) is 0 Å². The number of para-hydroxylation sites is 1. The second-order valence-electron chi connectivity index (χ2n) is 9.76. The van der Waals surface area contributed by atoms with Gasteiger partial charge in [0, 0.05) is 38.4 Å². The number of carboxylic acids is 1. The summed E-state index contributed by atoms with van der Waals surface area (Å²) in [5, 5.41) is 13.4. The van der Waals surface area contributed by atoms with Crippen LogP contribution in [0, 0.1) is 12.8 Å². The zero-order chi connectivity index (χ0) is 27.9. The Morgan fingerprint density at radius 2 is 1.66 bits per heavy atom. The first-order valence-corrected chi connectivity index (χ1v) is 12.4. The number of amidine groups is 1. The molecule has 2 heterocycles. The third-order valence-electron chi connectivity index (χ3n) is 7.02. The second-order valence-corrected chi connectivity index (χ2v) is 9.76. The number of rotatable bonds is 7. The minimum absolute atomic E-state index is 0.00314. The van der Waals surface area contributed by atoms with Crippen LogP contribution in [0.25, 0.3) is 21.5 Å². The third-order valence-corrected chi connectivity index (χ3v) is 7.02. The Labute approximate surface area is 218 Å². The molecule has 5 N–H and O–H groups in total. The quantitative estimate of drug-likeness (QED) is 0.215. The van der Waals surface area contributed by atoms with E-state index >= 15 is 0 Å². The van der Waals surface area contributed by atoms with E-state index in [9.17, 15) is 24.3 Å². The van der Waals surface area contributed by atoms with Gasteiger partial charge in [-0.1, -0.05) is 39.0 Å². The van der Waals surface area contributed by atoms with Crippen molar-refractivity contribution in [2.75, 3.05) is 5.32 Å². The number of nitrogens with one attached hydrogen (secondary N) is 2. The van der Waals surface area contributed by atoms with Crippen molar-refractivity contribution in [3.63, 3.8) is 0 Å². The first kappa shape index (κ1) is 26.5. The molecule has 5 rings (SSSR count). The van der Waals surface area contributed by atoms with E-state index in [2.05, 4.69) is 15.3 Å². The molecule has 0 saturated carbocycles. The van der Waals surface area contributed by atoms with Gasteiger partial charge in [-0.25, -0.2) is 4.79 Å². The highest BCUT2D eigenvalue weighted by atomic mass is 16.4. The number of benzene rings is 3. The number of aromatic nitrogens is 1. The van der Waals surface area contributed by atoms with Gasteiger partial charge in [-0.15, -0.1) is 0 Å². The predicted octanol–water partition coefficient (Wildman–Crippen LogP) is 4.05. The number of carboxylic acid groups (broad SMARTS) is 1. The van der Waals surface area contributed by atoms with E-state index in [4.69, 9.17) is 5.73 Å². The molecule has 0 radical (unpaired) electrons. The van der Waals surface area contributed by atoms with Gasteiger partial charge in [0.05, 0.1) is 11.6 Å². The molecular weight excluding hydrogens is 484 g/mol. The molecule has 38 heavy (non-hydrogen) atoms. The van der Waals surface area contributed by atoms with Crippen molar-refractivity contribution in [2.45, 2.75) is 47.1 Å². The van der Waals surface area contributed by atoms with Gasteiger partial charge < -0.3 is 16.2 Å². The Hall–Kier alpha value is -4.53. The number of carbonyl (C=O) groups excluding carboxylic acids is 1. The Bertz CT molecular complexity index is 1740. The summed E-state index contributed by atoms with van der Waals surface area (Å²) in [5.41, 5.74) is 6.97. The van der Waals surface area contributed by atoms with Crippen LogP contribution in [0.2, 0.25) is 0 Å². The smallest absolute Gasteiger partial charge is 0.336 e. The number of nitrogens with zero attached hydrogens (tertiary/aromatic N) is 1. The van der Waals surface area contributed by atoms with Crippen molar-refractivity contribution >= 4 is 44.9 Å². The Kier molecular flexibility index (Phi) is 7.04. The summed E-state index contributed by atoms with van der Waals surface area (Å²) in [7, 11) is 0. The van der Waals surface area contributed by atoms with Crippen LogP contribution in [0.3, 0.4) is 0 Å². The predicted molar refractivity (Wildman–Crippen MR) is 150 cm³/mol. The number of aryl methyl sites for hydroxylation is 2. The van der Waals surface area contributed by atoms with Gasteiger partial charge in [-0.05, 0) is 55.5 Å². The summed E-state index contributed by atoms with van der Waals surface area (Å²) in [6.07, 6.45) is 0.657. The van der Waals surface area contributed by atoms with Crippen LogP contribution in [0.15, 0.2) is 51.0 Å². The maximum absolute atomic E-state index is 13.8. The highest BCUT2D eigenvalue weighted by molar-refractivity contribution is 6.28. The minimum Gasteiger partial charge on any atom is -0.478 e. The molecule has 3 aromatic carbocycles. The summed E-state index contributed by atoms with van der Waals surface area (Å²) >= 11 is 0. The summed E-state index contributed by atoms with van der Waals surface area (Å²) in [5.74, 6) is -1.94. The molecule has 0 aliphatic rings. The van der Waals surface area contributed by atoms with Crippen molar-refractivity contribution in [3.05, 3.63) is 84.9 Å². The van der Waals surface area contributed by atoms with Gasteiger partial charge in [0.2, 0.25) is 0 Å². The van der Waals surface area contributed by atoms with Gasteiger partial charge in [-0.2, -0.15) is 0 Å². The molecule has 0 spiro atoms. The van der Waals surface area contributed by atoms with Crippen LogP contribution in [-0.2, 0) is 6.42 Å². The summed E-state index contributed by atoms with van der Waals surface area (Å²) < 4.78 is 0. The van der Waals surface area contributed by atoms with E-state index < -0.39 is 23.0 Å². The normalized spacial score (nSPS) is 12.8. The van der Waals surface area contributed by atoms with Crippen LogP contribution in [-0.4, -0.2) is 33.8 Å². The first-order valence-electron chi connectivity index (χ1n) is 12.4. The molecule has 0 aliphatic carbocycles. The molecule has 196 valence electrons. The van der Waals surface area contributed by atoms with Gasteiger partial charge in [0.1, 0.15) is 5.84 Å². The number of hydrogen-bond acceptors (Lipinski definition) is 5. The van der Waals surface area contributed by atoms with Crippen molar-refractivity contribution in [2.24, 2.45) is 16.6 Å². The fourth-order valence-electron chi connectivity index (χ4n) is 4.61. The first-order chi connectivity index (χ1) is 18.0. The third kappa shape index (κ3) is 4.51. The molecule has 1 atom stereocenters. The maximum atomic E-state index is 13.8. The molecule has 0 saturated heterocycles. The number of aliphatic imine (C=N–C) groups is 1. The minimum atomic E-state index is -1.35. The molecule has 2 bridgehead atoms. The van der Waals surface area contributed by atoms with Crippen molar-refractivity contribution in [1.29, 1.82) is 0 Å². The zero-order valence-electron chi connectivity index (χ0n) is 21.9. The largest absolute Gasteiger partial charge is 0.478 e. The van der Waals surface area contributed by atoms with E-state index in [0.717, 1.165) is 11.1 Å². The van der Waals surface area contributed by atoms with Gasteiger partial charge in [-0.3, -0.25) is 24.4 Å². The lowest BCUT2D eigenvalue weighted by molar-refractivity contribution is 0.0697. The lowest BCUT2D eigenvalue weighted by Gasteiger charge is -2.18. The van der Waals surface area contributed by atoms with Crippen LogP contribution in [0.4, 0.5) is 5.69 Å². The molecule has 0 aliphatic heterocycles. The topological polar surface area (TPSA) is 155 Å². The molecule has 1 amide bonds. The standard InChI is InChI=1S/C29H30N4O5/c1-6-16-9-7-8-14(4)24(16)32-28(36)19-12-20(29(37)38)23(25(30)31-15(5)13(2)3)22-18-11-10-17(21(19)22)26(34)33-27(18)35/h7-13,15H,6H2,1-5H3,(H2,30,31)(H,32,36)(H,37,38)(H,33,34,35). The number of anilines is 1. The fraction of sp³-hybridized carbons (Fsp3) is 0.276. The summed E-state index contributed by atoms with van der Waals surface area (Å²) in [6, 6.07) is 9.48. The Balaban J connectivity index is 2.14. The van der Waals surface area contributed by atoms with Crippen LogP contribution >= 0.6 is 0 Å². The van der Waals surface area contributed by atoms with Crippen LogP contribution < -0.4 is 22.2 Å². The van der Waals surface area contributed by atoms with E-state index in [1.54, 1.807) is 0 Å². The van der Waals surface area contributed by atoms with Crippen molar-refractivity contribution in [3.8, 4) is 0 Å². The van der Waals surface area contributed by atoms with Crippen molar-refractivity contribution < 1.29 is 14.7 Å². The monoisotopic (exact) mass is 514 g/mol. The van der Waals surface area contributed by atoms with E-state index in [0.29, 0.717) is 12.1 Å². The molecule has 2 aromatic heterocycles. The second kappa shape index (κ2) is 10.1. The average Bonchev–Trinajstić information content (AvgIpc) is 3.07. The number of aromatic carboxylic acids is 1. The highest BCUT2D eigenvalue weighted by Gasteiger charge is 2.27. The van der Waals surface area contributed by atoms with Crippen LogP contribution in [0.1, 0.15) is 65.1 Å². The number of carbonyl (C=O) groups is 2.